The molecule has 0 radical (unpaired) electrons. The molecule has 1 aliphatic heterocycles. The Morgan fingerprint density at radius 1 is 1.47 bits per heavy atom. The summed E-state index contributed by atoms with van der Waals surface area (Å²) in [6.45, 7) is 7.95. The molecule has 1 saturated heterocycles. The van der Waals surface area contributed by atoms with E-state index >= 15 is 0 Å². The van der Waals surface area contributed by atoms with Gasteiger partial charge >= 0.3 is 0 Å². The van der Waals surface area contributed by atoms with Gasteiger partial charge in [-0.25, -0.2) is 0 Å². The van der Waals surface area contributed by atoms with Gasteiger partial charge in [0.05, 0.1) is 0 Å². The Labute approximate surface area is 104 Å². The summed E-state index contributed by atoms with van der Waals surface area (Å²) in [7, 11) is 0. The lowest BCUT2D eigenvalue weighted by molar-refractivity contribution is -0.141. The Hall–Kier alpha value is -0.610. The number of rotatable bonds is 6. The highest BCUT2D eigenvalue weighted by Crippen LogP contribution is 2.23. The van der Waals surface area contributed by atoms with Gasteiger partial charge in [-0.3, -0.25) is 4.79 Å². The van der Waals surface area contributed by atoms with Crippen molar-refractivity contribution in [3.05, 3.63) is 0 Å². The predicted molar refractivity (Wildman–Crippen MR) is 68.6 cm³/mol. The van der Waals surface area contributed by atoms with Crippen molar-refractivity contribution in [1.82, 2.24) is 4.90 Å². The first-order chi connectivity index (χ1) is 8.20. The largest absolute Gasteiger partial charge is 0.381 e. The molecule has 0 bridgehead atoms. The topological polar surface area (TPSA) is 55.6 Å². The van der Waals surface area contributed by atoms with Crippen molar-refractivity contribution in [1.29, 1.82) is 0 Å². The highest BCUT2D eigenvalue weighted by Gasteiger charge is 2.31. The monoisotopic (exact) mass is 242 g/mol. The summed E-state index contributed by atoms with van der Waals surface area (Å²) in [6, 6.07) is 0. The van der Waals surface area contributed by atoms with E-state index in [4.69, 9.17) is 10.5 Å². The van der Waals surface area contributed by atoms with E-state index in [1.165, 1.54) is 0 Å². The molecule has 1 aliphatic rings. The van der Waals surface area contributed by atoms with Gasteiger partial charge in [0.1, 0.15) is 0 Å². The van der Waals surface area contributed by atoms with Gasteiger partial charge in [0, 0.05) is 32.2 Å². The zero-order chi connectivity index (χ0) is 12.7. The Morgan fingerprint density at radius 2 is 2.24 bits per heavy atom. The van der Waals surface area contributed by atoms with Crippen LogP contribution in [0, 0.1) is 11.8 Å². The first-order valence-corrected chi connectivity index (χ1v) is 6.77. The van der Waals surface area contributed by atoms with Gasteiger partial charge in [0.15, 0.2) is 0 Å². The van der Waals surface area contributed by atoms with Crippen molar-refractivity contribution in [3.8, 4) is 0 Å². The van der Waals surface area contributed by atoms with Crippen LogP contribution in [-0.4, -0.2) is 43.7 Å². The van der Waals surface area contributed by atoms with Crippen molar-refractivity contribution >= 4 is 5.91 Å². The van der Waals surface area contributed by atoms with Crippen molar-refractivity contribution < 1.29 is 9.53 Å². The van der Waals surface area contributed by atoms with Crippen LogP contribution in [0.4, 0.5) is 0 Å². The summed E-state index contributed by atoms with van der Waals surface area (Å²) in [4.78, 5) is 14.4. The molecule has 0 aliphatic carbocycles. The zero-order valence-electron chi connectivity index (χ0n) is 11.2. The molecule has 100 valence electrons. The molecular formula is C13H26N2O2. The number of carbonyl (C=O) groups excluding carboxylic acids is 1. The molecule has 2 N–H and O–H groups in total. The van der Waals surface area contributed by atoms with Crippen LogP contribution in [0.3, 0.4) is 0 Å². The number of carbonyl (C=O) groups is 1. The fourth-order valence-corrected chi connectivity index (χ4v) is 2.37. The zero-order valence-corrected chi connectivity index (χ0v) is 11.2. The first-order valence-electron chi connectivity index (χ1n) is 6.77. The maximum Gasteiger partial charge on any atom is 0.226 e. The van der Waals surface area contributed by atoms with Crippen LogP contribution in [0.15, 0.2) is 0 Å². The molecule has 0 saturated carbocycles. The van der Waals surface area contributed by atoms with E-state index < -0.39 is 0 Å². The summed E-state index contributed by atoms with van der Waals surface area (Å²) in [5.74, 6) is 0.789. The van der Waals surface area contributed by atoms with Gasteiger partial charge in [-0.1, -0.05) is 13.8 Å². The van der Waals surface area contributed by atoms with Gasteiger partial charge in [-0.15, -0.1) is 0 Å². The molecule has 2 atom stereocenters. The minimum atomic E-state index is 0.146. The molecule has 1 heterocycles. The number of hydrogen-bond donors (Lipinski definition) is 1. The normalized spacial score (nSPS) is 24.6. The summed E-state index contributed by atoms with van der Waals surface area (Å²) in [5.41, 5.74) is 5.52. The summed E-state index contributed by atoms with van der Waals surface area (Å²) in [6.07, 6.45) is 2.76. The molecule has 0 aromatic heterocycles. The number of nitrogens with zero attached hydrogens (tertiary/aromatic N) is 1. The summed E-state index contributed by atoms with van der Waals surface area (Å²) < 4.78 is 5.39. The number of amides is 1. The third-order valence-electron chi connectivity index (χ3n) is 3.40. The van der Waals surface area contributed by atoms with E-state index in [1.54, 1.807) is 0 Å². The highest BCUT2D eigenvalue weighted by atomic mass is 16.5. The lowest BCUT2D eigenvalue weighted by Gasteiger charge is -2.33. The quantitative estimate of drug-likeness (QED) is 0.762. The molecule has 0 aromatic carbocycles. The molecule has 1 rings (SSSR count). The van der Waals surface area contributed by atoms with E-state index in [0.717, 1.165) is 39.0 Å². The maximum absolute atomic E-state index is 12.4. The highest BCUT2D eigenvalue weighted by molar-refractivity contribution is 5.79. The molecule has 1 fully saturated rings. The maximum atomic E-state index is 12.4. The van der Waals surface area contributed by atoms with Crippen LogP contribution in [0.25, 0.3) is 0 Å². The van der Waals surface area contributed by atoms with Crippen molar-refractivity contribution in [3.63, 3.8) is 0 Å². The van der Waals surface area contributed by atoms with Gasteiger partial charge < -0.3 is 15.4 Å². The Morgan fingerprint density at radius 3 is 2.82 bits per heavy atom. The first kappa shape index (κ1) is 14.5. The minimum absolute atomic E-state index is 0.146. The fourth-order valence-electron chi connectivity index (χ4n) is 2.37. The van der Waals surface area contributed by atoms with Crippen LogP contribution in [-0.2, 0) is 9.53 Å². The van der Waals surface area contributed by atoms with Gasteiger partial charge in [0.2, 0.25) is 5.91 Å². The SMILES string of the molecule is CCCN(CCCN)C(=O)C1CCOCC1C. The number of hydrogen-bond acceptors (Lipinski definition) is 3. The van der Waals surface area contributed by atoms with E-state index in [9.17, 15) is 4.79 Å². The Bertz CT molecular complexity index is 233. The van der Waals surface area contributed by atoms with E-state index in [-0.39, 0.29) is 5.92 Å². The van der Waals surface area contributed by atoms with Gasteiger partial charge in [0.25, 0.3) is 0 Å². The standard InChI is InChI=1S/C13H26N2O2/c1-3-7-15(8-4-6-14)13(16)12-5-9-17-10-11(12)2/h11-12H,3-10,14H2,1-2H3. The molecular weight excluding hydrogens is 216 g/mol. The second-order valence-electron chi connectivity index (χ2n) is 4.91. The molecule has 1 amide bonds. The third kappa shape index (κ3) is 4.28. The molecule has 17 heavy (non-hydrogen) atoms. The van der Waals surface area contributed by atoms with Crippen LogP contribution >= 0.6 is 0 Å². The Kier molecular flexibility index (Phi) is 6.52. The molecule has 4 heteroatoms. The van der Waals surface area contributed by atoms with Crippen molar-refractivity contribution in [2.45, 2.75) is 33.1 Å². The smallest absolute Gasteiger partial charge is 0.226 e. The summed E-state index contributed by atoms with van der Waals surface area (Å²) in [5, 5.41) is 0. The van der Waals surface area contributed by atoms with Crippen LogP contribution in [0.1, 0.15) is 33.1 Å². The second kappa shape index (κ2) is 7.67. The fraction of sp³-hybridized carbons (Fsp3) is 0.923. The minimum Gasteiger partial charge on any atom is -0.381 e. The van der Waals surface area contributed by atoms with Crippen LogP contribution in [0.5, 0.6) is 0 Å². The second-order valence-corrected chi connectivity index (χ2v) is 4.91. The van der Waals surface area contributed by atoms with Crippen molar-refractivity contribution in [2.75, 3.05) is 32.8 Å². The van der Waals surface area contributed by atoms with Gasteiger partial charge in [-0.05, 0) is 31.7 Å². The van der Waals surface area contributed by atoms with Gasteiger partial charge in [-0.2, -0.15) is 0 Å². The third-order valence-corrected chi connectivity index (χ3v) is 3.40. The van der Waals surface area contributed by atoms with E-state index in [0.29, 0.717) is 25.0 Å². The number of nitrogens with two attached hydrogens (primary N) is 1. The average Bonchev–Trinajstić information content (AvgIpc) is 2.34. The lowest BCUT2D eigenvalue weighted by Crippen LogP contribution is -2.43. The summed E-state index contributed by atoms with van der Waals surface area (Å²) >= 11 is 0. The number of ether oxygens (including phenoxy) is 1. The average molecular weight is 242 g/mol. The molecule has 4 nitrogen and oxygen atoms in total. The molecule has 0 spiro atoms. The van der Waals surface area contributed by atoms with E-state index in [2.05, 4.69) is 13.8 Å². The molecule has 0 aromatic rings. The van der Waals surface area contributed by atoms with E-state index in [1.807, 2.05) is 4.90 Å². The van der Waals surface area contributed by atoms with Crippen LogP contribution < -0.4 is 5.73 Å². The van der Waals surface area contributed by atoms with Crippen LogP contribution in [0.2, 0.25) is 0 Å². The Balaban J connectivity index is 2.55. The molecule has 2 unspecified atom stereocenters. The predicted octanol–water partition coefficient (Wildman–Crippen LogP) is 1.25. The van der Waals surface area contributed by atoms with Crippen molar-refractivity contribution in [2.24, 2.45) is 17.6 Å². The lowest BCUT2D eigenvalue weighted by atomic mass is 9.88.